The fourth-order valence-corrected chi connectivity index (χ4v) is 3.65. The molecular formula is C20H25F5O. The Bertz CT molecular complexity index is 578. The zero-order valence-electron chi connectivity index (χ0n) is 14.9. The third-order valence-corrected chi connectivity index (χ3v) is 5.06. The lowest BCUT2D eigenvalue weighted by Crippen LogP contribution is -2.19. The topological polar surface area (TPSA) is 9.23 Å². The highest BCUT2D eigenvalue weighted by Crippen LogP contribution is 2.35. The van der Waals surface area contributed by atoms with E-state index in [4.69, 9.17) is 0 Å². The van der Waals surface area contributed by atoms with E-state index in [2.05, 4.69) is 16.9 Å². The van der Waals surface area contributed by atoms with Gasteiger partial charge in [0.05, 0.1) is 0 Å². The summed E-state index contributed by atoms with van der Waals surface area (Å²) in [5.41, 5.74) is 0.365. The predicted molar refractivity (Wildman–Crippen MR) is 90.9 cm³/mol. The van der Waals surface area contributed by atoms with Crippen LogP contribution in [-0.4, -0.2) is 6.36 Å². The first kappa shape index (κ1) is 20.7. The minimum absolute atomic E-state index is 0.365. The van der Waals surface area contributed by atoms with E-state index < -0.39 is 23.7 Å². The number of aryl methyl sites for hydroxylation is 1. The Hall–Kier alpha value is -1.59. The lowest BCUT2D eigenvalue weighted by Gasteiger charge is -2.28. The van der Waals surface area contributed by atoms with Crippen LogP contribution in [-0.2, 0) is 6.42 Å². The maximum atomic E-state index is 13.7. The van der Waals surface area contributed by atoms with Gasteiger partial charge in [-0.05, 0) is 62.1 Å². The van der Waals surface area contributed by atoms with Crippen LogP contribution in [0.15, 0.2) is 24.3 Å². The lowest BCUT2D eigenvalue weighted by atomic mass is 9.78. The molecule has 1 aliphatic carbocycles. The second-order valence-electron chi connectivity index (χ2n) is 7.01. The Balaban J connectivity index is 1.83. The smallest absolute Gasteiger partial charge is 0.399 e. The highest BCUT2D eigenvalue weighted by Gasteiger charge is 2.34. The van der Waals surface area contributed by atoms with Crippen LogP contribution in [0, 0.1) is 23.5 Å². The maximum Gasteiger partial charge on any atom is 0.573 e. The van der Waals surface area contributed by atoms with Gasteiger partial charge in [-0.2, -0.15) is 0 Å². The molecule has 1 aliphatic rings. The number of rotatable bonds is 7. The Kier molecular flexibility index (Phi) is 7.47. The van der Waals surface area contributed by atoms with Gasteiger partial charge >= 0.3 is 6.36 Å². The van der Waals surface area contributed by atoms with Crippen molar-refractivity contribution in [2.24, 2.45) is 11.8 Å². The van der Waals surface area contributed by atoms with Crippen LogP contribution in [0.25, 0.3) is 0 Å². The highest BCUT2D eigenvalue weighted by atomic mass is 19.4. The molecule has 0 atom stereocenters. The van der Waals surface area contributed by atoms with Crippen LogP contribution in [0.3, 0.4) is 0 Å². The number of ether oxygens (including phenoxy) is 1. The molecule has 0 radical (unpaired) electrons. The van der Waals surface area contributed by atoms with Crippen molar-refractivity contribution in [2.75, 3.05) is 0 Å². The number of alkyl halides is 3. The van der Waals surface area contributed by atoms with Crippen LogP contribution < -0.4 is 4.74 Å². The molecule has 146 valence electrons. The molecule has 1 fully saturated rings. The molecule has 0 spiro atoms. The van der Waals surface area contributed by atoms with E-state index in [9.17, 15) is 22.0 Å². The number of allylic oxidation sites excluding steroid dienone is 2. The fourth-order valence-electron chi connectivity index (χ4n) is 3.65. The van der Waals surface area contributed by atoms with Crippen LogP contribution >= 0.6 is 0 Å². The first-order chi connectivity index (χ1) is 12.3. The van der Waals surface area contributed by atoms with Crippen molar-refractivity contribution >= 4 is 0 Å². The molecule has 26 heavy (non-hydrogen) atoms. The van der Waals surface area contributed by atoms with Gasteiger partial charge in [-0.3, -0.25) is 0 Å². The summed E-state index contributed by atoms with van der Waals surface area (Å²) in [6.45, 7) is 2.02. The van der Waals surface area contributed by atoms with Gasteiger partial charge in [0, 0.05) is 0 Å². The molecule has 2 rings (SSSR count). The van der Waals surface area contributed by atoms with Crippen molar-refractivity contribution in [3.05, 3.63) is 41.5 Å². The van der Waals surface area contributed by atoms with Gasteiger partial charge in [-0.25, -0.2) is 8.78 Å². The van der Waals surface area contributed by atoms with Gasteiger partial charge in [0.1, 0.15) is 0 Å². The molecule has 0 amide bonds. The molecule has 1 aromatic carbocycles. The number of hydrogen-bond donors (Lipinski definition) is 0. The second kappa shape index (κ2) is 9.38. The van der Waals surface area contributed by atoms with E-state index in [1.54, 1.807) is 0 Å². The van der Waals surface area contributed by atoms with E-state index in [0.29, 0.717) is 17.9 Å². The number of halogens is 5. The molecule has 0 aliphatic heterocycles. The summed E-state index contributed by atoms with van der Waals surface area (Å²) in [6, 6.07) is 1.87. The summed E-state index contributed by atoms with van der Waals surface area (Å²) in [4.78, 5) is 0. The normalized spacial score (nSPS) is 21.3. The molecule has 1 aromatic rings. The van der Waals surface area contributed by atoms with Gasteiger partial charge in [0.15, 0.2) is 11.6 Å². The summed E-state index contributed by atoms with van der Waals surface area (Å²) < 4.78 is 67.4. The number of benzene rings is 1. The van der Waals surface area contributed by atoms with Crippen molar-refractivity contribution in [1.82, 2.24) is 0 Å². The minimum Gasteiger partial charge on any atom is -0.399 e. The first-order valence-electron chi connectivity index (χ1n) is 9.13. The number of hydrogen-bond acceptors (Lipinski definition) is 1. The van der Waals surface area contributed by atoms with Gasteiger partial charge in [0.2, 0.25) is 5.75 Å². The van der Waals surface area contributed by atoms with Crippen molar-refractivity contribution < 1.29 is 26.7 Å². The zero-order chi connectivity index (χ0) is 19.2. The van der Waals surface area contributed by atoms with Crippen LogP contribution in [0.2, 0.25) is 0 Å². The minimum atomic E-state index is -5.12. The SMILES string of the molecule is C/C=C/CCC1CCC(CCc2cc(F)c(OC(F)(F)F)c(F)c2)CC1. The van der Waals surface area contributed by atoms with E-state index in [0.717, 1.165) is 43.7 Å². The van der Waals surface area contributed by atoms with Crippen LogP contribution in [0.5, 0.6) is 5.75 Å². The molecule has 6 heteroatoms. The predicted octanol–water partition coefficient (Wildman–Crippen LogP) is 6.96. The lowest BCUT2D eigenvalue weighted by molar-refractivity contribution is -0.276. The Labute approximate surface area is 151 Å². The summed E-state index contributed by atoms with van der Waals surface area (Å²) in [5, 5.41) is 0. The van der Waals surface area contributed by atoms with E-state index in [1.807, 2.05) is 6.92 Å². The zero-order valence-corrected chi connectivity index (χ0v) is 14.9. The van der Waals surface area contributed by atoms with Crippen molar-refractivity contribution in [2.45, 2.75) is 64.7 Å². The standard InChI is InChI=1S/C20H25F5O/c1-2-3-4-5-14-6-8-15(9-7-14)10-11-16-12-17(21)19(18(22)13-16)26-20(23,24)25/h2-3,12-15H,4-11H2,1H3/b3-2+. The summed E-state index contributed by atoms with van der Waals surface area (Å²) >= 11 is 0. The molecule has 0 saturated heterocycles. The van der Waals surface area contributed by atoms with E-state index >= 15 is 0 Å². The molecule has 1 saturated carbocycles. The third-order valence-electron chi connectivity index (χ3n) is 5.06. The van der Waals surface area contributed by atoms with Gasteiger partial charge in [-0.15, -0.1) is 13.2 Å². The fraction of sp³-hybridized carbons (Fsp3) is 0.600. The summed E-state index contributed by atoms with van der Waals surface area (Å²) in [7, 11) is 0. The van der Waals surface area contributed by atoms with Crippen LogP contribution in [0.4, 0.5) is 22.0 Å². The van der Waals surface area contributed by atoms with Crippen molar-refractivity contribution in [3.63, 3.8) is 0 Å². The van der Waals surface area contributed by atoms with Gasteiger partial charge in [-0.1, -0.05) is 37.8 Å². The average molecular weight is 376 g/mol. The van der Waals surface area contributed by atoms with Crippen molar-refractivity contribution in [3.8, 4) is 5.75 Å². The quantitative estimate of drug-likeness (QED) is 0.369. The molecule has 1 nitrogen and oxygen atoms in total. The van der Waals surface area contributed by atoms with Gasteiger partial charge < -0.3 is 4.74 Å². The largest absolute Gasteiger partial charge is 0.573 e. The summed E-state index contributed by atoms with van der Waals surface area (Å²) in [5.74, 6) is -2.76. The Morgan fingerprint density at radius 3 is 2.04 bits per heavy atom. The monoisotopic (exact) mass is 376 g/mol. The Morgan fingerprint density at radius 1 is 1.00 bits per heavy atom. The molecule has 0 N–H and O–H groups in total. The molecule has 0 heterocycles. The Morgan fingerprint density at radius 2 is 1.54 bits per heavy atom. The molecule has 0 aromatic heterocycles. The molecule has 0 bridgehead atoms. The van der Waals surface area contributed by atoms with Crippen LogP contribution in [0.1, 0.15) is 57.4 Å². The highest BCUT2D eigenvalue weighted by molar-refractivity contribution is 5.31. The maximum absolute atomic E-state index is 13.7. The molecule has 0 unspecified atom stereocenters. The second-order valence-corrected chi connectivity index (χ2v) is 7.01. The summed E-state index contributed by atoms with van der Waals surface area (Å²) in [6.07, 6.45) is 7.22. The van der Waals surface area contributed by atoms with E-state index in [1.165, 1.54) is 19.3 Å². The van der Waals surface area contributed by atoms with E-state index in [-0.39, 0.29) is 0 Å². The van der Waals surface area contributed by atoms with Crippen molar-refractivity contribution in [1.29, 1.82) is 0 Å². The first-order valence-corrected chi connectivity index (χ1v) is 9.13. The van der Waals surface area contributed by atoms with Gasteiger partial charge in [0.25, 0.3) is 0 Å². The average Bonchev–Trinajstić information content (AvgIpc) is 2.57. The molecular weight excluding hydrogens is 351 g/mol. The third kappa shape index (κ3) is 6.61.